The first-order valence-corrected chi connectivity index (χ1v) is 6.69. The molecule has 0 amide bonds. The molecule has 1 aliphatic heterocycles. The fourth-order valence-corrected chi connectivity index (χ4v) is 2.89. The molecule has 2 aliphatic rings. The van der Waals surface area contributed by atoms with E-state index in [0.29, 0.717) is 5.92 Å². The lowest BCUT2D eigenvalue weighted by Crippen LogP contribution is -2.24. The van der Waals surface area contributed by atoms with Gasteiger partial charge in [0, 0.05) is 23.1 Å². The van der Waals surface area contributed by atoms with Gasteiger partial charge in [-0.3, -0.25) is 0 Å². The summed E-state index contributed by atoms with van der Waals surface area (Å²) in [5.41, 5.74) is 8.68. The van der Waals surface area contributed by atoms with E-state index in [0.717, 1.165) is 43.9 Å². The van der Waals surface area contributed by atoms with Crippen molar-refractivity contribution in [2.75, 3.05) is 13.2 Å². The Hall–Kier alpha value is -0.570. The zero-order valence-corrected chi connectivity index (χ0v) is 10.7. The molecular weight excluding hydrogens is 234 g/mol. The Morgan fingerprint density at radius 3 is 2.82 bits per heavy atom. The summed E-state index contributed by atoms with van der Waals surface area (Å²) >= 11 is 6.36. The second-order valence-electron chi connectivity index (χ2n) is 5.46. The van der Waals surface area contributed by atoms with E-state index in [2.05, 4.69) is 18.2 Å². The van der Waals surface area contributed by atoms with Crippen LogP contribution in [0, 0.1) is 0 Å². The summed E-state index contributed by atoms with van der Waals surface area (Å²) in [4.78, 5) is 0. The fourth-order valence-electron chi connectivity index (χ4n) is 2.54. The van der Waals surface area contributed by atoms with Gasteiger partial charge in [-0.2, -0.15) is 0 Å². The van der Waals surface area contributed by atoms with Gasteiger partial charge >= 0.3 is 0 Å². The second-order valence-corrected chi connectivity index (χ2v) is 5.86. The van der Waals surface area contributed by atoms with Crippen molar-refractivity contribution in [1.82, 2.24) is 0 Å². The summed E-state index contributed by atoms with van der Waals surface area (Å²) < 4.78 is 5.41. The molecule has 1 aromatic rings. The van der Waals surface area contributed by atoms with Crippen LogP contribution < -0.4 is 5.73 Å². The van der Waals surface area contributed by atoms with Gasteiger partial charge in [-0.1, -0.05) is 23.7 Å². The topological polar surface area (TPSA) is 35.2 Å². The first kappa shape index (κ1) is 11.5. The van der Waals surface area contributed by atoms with Gasteiger partial charge in [0.05, 0.1) is 6.61 Å². The van der Waals surface area contributed by atoms with Crippen molar-refractivity contribution in [3.05, 3.63) is 34.3 Å². The zero-order chi connectivity index (χ0) is 11.9. The van der Waals surface area contributed by atoms with Gasteiger partial charge in [0.1, 0.15) is 0 Å². The molecule has 0 spiro atoms. The van der Waals surface area contributed by atoms with Crippen LogP contribution in [0.15, 0.2) is 18.2 Å². The number of nitrogens with two attached hydrogens (primary N) is 1. The molecule has 0 aromatic heterocycles. The van der Waals surface area contributed by atoms with Crippen molar-refractivity contribution in [3.8, 4) is 0 Å². The van der Waals surface area contributed by atoms with Crippen molar-refractivity contribution >= 4 is 11.6 Å². The Labute approximate surface area is 107 Å². The molecule has 0 bridgehead atoms. The number of halogens is 1. The van der Waals surface area contributed by atoms with Gasteiger partial charge in [-0.05, 0) is 42.9 Å². The van der Waals surface area contributed by atoms with Crippen molar-refractivity contribution < 1.29 is 4.74 Å². The Bertz CT molecular complexity index is 422. The number of rotatable bonds is 3. The third-order valence-electron chi connectivity index (χ3n) is 3.88. The van der Waals surface area contributed by atoms with E-state index in [9.17, 15) is 0 Å². The molecule has 0 radical (unpaired) electrons. The Kier molecular flexibility index (Phi) is 2.89. The van der Waals surface area contributed by atoms with Crippen LogP contribution in [0.1, 0.15) is 36.3 Å². The fraction of sp³-hybridized carbons (Fsp3) is 0.571. The van der Waals surface area contributed by atoms with E-state index in [1.807, 2.05) is 0 Å². The zero-order valence-electron chi connectivity index (χ0n) is 9.92. The highest BCUT2D eigenvalue weighted by Crippen LogP contribution is 2.37. The van der Waals surface area contributed by atoms with E-state index in [-0.39, 0.29) is 5.54 Å². The van der Waals surface area contributed by atoms with E-state index < -0.39 is 0 Å². The predicted octanol–water partition coefficient (Wildman–Crippen LogP) is 2.88. The molecule has 1 unspecified atom stereocenters. The van der Waals surface area contributed by atoms with Crippen molar-refractivity contribution in [1.29, 1.82) is 0 Å². The Morgan fingerprint density at radius 1 is 1.41 bits per heavy atom. The summed E-state index contributed by atoms with van der Waals surface area (Å²) in [6.45, 7) is 1.66. The number of benzene rings is 1. The molecule has 3 rings (SSSR count). The highest BCUT2D eigenvalue weighted by atomic mass is 35.5. The summed E-state index contributed by atoms with van der Waals surface area (Å²) in [5, 5.41) is 0.877. The van der Waals surface area contributed by atoms with Gasteiger partial charge in [-0.15, -0.1) is 0 Å². The Morgan fingerprint density at radius 2 is 2.24 bits per heavy atom. The molecule has 2 N–H and O–H groups in total. The quantitative estimate of drug-likeness (QED) is 0.897. The number of hydrogen-bond donors (Lipinski definition) is 1. The largest absolute Gasteiger partial charge is 0.381 e. The minimum Gasteiger partial charge on any atom is -0.381 e. The van der Waals surface area contributed by atoms with Crippen LogP contribution in [0.3, 0.4) is 0 Å². The van der Waals surface area contributed by atoms with Crippen LogP contribution in [0.2, 0.25) is 5.02 Å². The summed E-state index contributed by atoms with van der Waals surface area (Å²) in [5.74, 6) is 0.476. The van der Waals surface area contributed by atoms with Crippen molar-refractivity contribution in [2.45, 2.75) is 37.1 Å². The maximum Gasteiger partial charge on any atom is 0.0536 e. The molecule has 1 saturated heterocycles. The molecule has 1 aromatic carbocycles. The van der Waals surface area contributed by atoms with Crippen LogP contribution in [0.5, 0.6) is 0 Å². The summed E-state index contributed by atoms with van der Waals surface area (Å²) in [6, 6.07) is 6.41. The number of hydrogen-bond acceptors (Lipinski definition) is 2. The normalized spacial score (nSPS) is 26.1. The Balaban J connectivity index is 1.78. The smallest absolute Gasteiger partial charge is 0.0536 e. The first-order chi connectivity index (χ1) is 8.16. The molecule has 1 atom stereocenters. The molecule has 1 heterocycles. The second kappa shape index (κ2) is 4.27. The maximum atomic E-state index is 6.36. The van der Waals surface area contributed by atoms with Gasteiger partial charge in [0.15, 0.2) is 0 Å². The summed E-state index contributed by atoms with van der Waals surface area (Å²) in [6.07, 6.45) is 4.32. The van der Waals surface area contributed by atoms with Crippen LogP contribution in [-0.4, -0.2) is 18.8 Å². The van der Waals surface area contributed by atoms with E-state index in [1.54, 1.807) is 0 Å². The lowest BCUT2D eigenvalue weighted by Gasteiger charge is -2.13. The first-order valence-electron chi connectivity index (χ1n) is 6.31. The van der Waals surface area contributed by atoms with Gasteiger partial charge in [0.25, 0.3) is 0 Å². The minimum atomic E-state index is 0.0569. The third kappa shape index (κ3) is 2.49. The predicted molar refractivity (Wildman–Crippen MR) is 69.5 cm³/mol. The monoisotopic (exact) mass is 251 g/mol. The third-order valence-corrected chi connectivity index (χ3v) is 4.21. The van der Waals surface area contributed by atoms with Crippen molar-refractivity contribution in [2.24, 2.45) is 5.73 Å². The molecule has 1 aliphatic carbocycles. The molecule has 2 nitrogen and oxygen atoms in total. The summed E-state index contributed by atoms with van der Waals surface area (Å²) in [7, 11) is 0. The minimum absolute atomic E-state index is 0.0569. The van der Waals surface area contributed by atoms with E-state index in [1.165, 1.54) is 11.1 Å². The molecule has 2 fully saturated rings. The lowest BCUT2D eigenvalue weighted by atomic mass is 9.95. The van der Waals surface area contributed by atoms with Gasteiger partial charge in [0.2, 0.25) is 0 Å². The SMILES string of the molecule is NC1(Cc2ccc(C3CCOC3)c(Cl)c2)CC1. The van der Waals surface area contributed by atoms with Crippen LogP contribution >= 0.6 is 11.6 Å². The standard InChI is InChI=1S/C14H18ClNO/c15-13-7-10(8-14(16)4-5-14)1-2-12(13)11-3-6-17-9-11/h1-2,7,11H,3-6,8-9,16H2. The number of ether oxygens (including phenoxy) is 1. The molecule has 3 heteroatoms. The molecular formula is C14H18ClNO. The van der Waals surface area contributed by atoms with Crippen LogP contribution in [0.25, 0.3) is 0 Å². The van der Waals surface area contributed by atoms with Crippen LogP contribution in [-0.2, 0) is 11.2 Å². The van der Waals surface area contributed by atoms with Gasteiger partial charge < -0.3 is 10.5 Å². The van der Waals surface area contributed by atoms with Crippen LogP contribution in [0.4, 0.5) is 0 Å². The average Bonchev–Trinajstić information content (AvgIpc) is 2.81. The molecule has 1 saturated carbocycles. The lowest BCUT2D eigenvalue weighted by molar-refractivity contribution is 0.194. The van der Waals surface area contributed by atoms with E-state index in [4.69, 9.17) is 22.1 Å². The highest BCUT2D eigenvalue weighted by molar-refractivity contribution is 6.31. The van der Waals surface area contributed by atoms with E-state index >= 15 is 0 Å². The van der Waals surface area contributed by atoms with Crippen molar-refractivity contribution in [3.63, 3.8) is 0 Å². The van der Waals surface area contributed by atoms with Gasteiger partial charge in [-0.25, -0.2) is 0 Å². The maximum absolute atomic E-state index is 6.36. The highest BCUT2D eigenvalue weighted by Gasteiger charge is 2.38. The molecule has 17 heavy (non-hydrogen) atoms. The molecule has 92 valence electrons. The average molecular weight is 252 g/mol.